The molecule has 5 nitrogen and oxygen atoms in total. The summed E-state index contributed by atoms with van der Waals surface area (Å²) in [6.07, 6.45) is 1.54. The molecule has 2 heterocycles. The SMILES string of the molecule is Cc1ccc(CN(C)C(=O)c2cn[nH]c2C)o1. The van der Waals surface area contributed by atoms with E-state index in [0.29, 0.717) is 12.1 Å². The fraction of sp³-hybridized carbons (Fsp3) is 0.333. The van der Waals surface area contributed by atoms with Gasteiger partial charge in [-0.2, -0.15) is 5.10 Å². The molecule has 0 radical (unpaired) electrons. The van der Waals surface area contributed by atoms with Crippen LogP contribution >= 0.6 is 0 Å². The Hall–Kier alpha value is -2.04. The number of aromatic nitrogens is 2. The molecule has 2 aromatic rings. The van der Waals surface area contributed by atoms with E-state index < -0.39 is 0 Å². The predicted octanol–water partition coefficient (Wildman–Crippen LogP) is 1.89. The quantitative estimate of drug-likeness (QED) is 0.880. The van der Waals surface area contributed by atoms with Crippen molar-refractivity contribution in [2.24, 2.45) is 0 Å². The van der Waals surface area contributed by atoms with Crippen molar-refractivity contribution >= 4 is 5.91 Å². The normalized spacial score (nSPS) is 10.5. The molecule has 0 saturated heterocycles. The summed E-state index contributed by atoms with van der Waals surface area (Å²) in [5, 5.41) is 6.59. The van der Waals surface area contributed by atoms with Gasteiger partial charge in [0, 0.05) is 12.7 Å². The van der Waals surface area contributed by atoms with Crippen LogP contribution in [0.3, 0.4) is 0 Å². The molecule has 0 fully saturated rings. The molecule has 1 amide bonds. The van der Waals surface area contributed by atoms with Crippen LogP contribution in [0.4, 0.5) is 0 Å². The summed E-state index contributed by atoms with van der Waals surface area (Å²) in [6, 6.07) is 3.76. The summed E-state index contributed by atoms with van der Waals surface area (Å²) in [5.41, 5.74) is 1.37. The van der Waals surface area contributed by atoms with E-state index in [2.05, 4.69) is 10.2 Å². The Kier molecular flexibility index (Phi) is 2.99. The summed E-state index contributed by atoms with van der Waals surface area (Å²) in [5.74, 6) is 1.56. The predicted molar refractivity (Wildman–Crippen MR) is 62.6 cm³/mol. The van der Waals surface area contributed by atoms with E-state index in [4.69, 9.17) is 4.42 Å². The van der Waals surface area contributed by atoms with Crippen LogP contribution in [0.25, 0.3) is 0 Å². The standard InChI is InChI=1S/C12H15N3O2/c1-8-4-5-10(17-8)7-15(3)12(16)11-6-13-14-9(11)2/h4-6H,7H2,1-3H3,(H,13,14). The second-order valence-corrected chi connectivity index (χ2v) is 4.08. The van der Waals surface area contributed by atoms with E-state index in [1.54, 1.807) is 18.1 Å². The van der Waals surface area contributed by atoms with Gasteiger partial charge in [0.05, 0.1) is 18.3 Å². The average molecular weight is 233 g/mol. The lowest BCUT2D eigenvalue weighted by Gasteiger charge is -2.15. The molecule has 2 rings (SSSR count). The summed E-state index contributed by atoms with van der Waals surface area (Å²) in [7, 11) is 1.74. The number of aryl methyl sites for hydroxylation is 2. The second-order valence-electron chi connectivity index (χ2n) is 4.08. The molecule has 0 aliphatic carbocycles. The summed E-state index contributed by atoms with van der Waals surface area (Å²) in [6.45, 7) is 4.16. The lowest BCUT2D eigenvalue weighted by atomic mass is 10.2. The van der Waals surface area contributed by atoms with Crippen molar-refractivity contribution < 1.29 is 9.21 Å². The van der Waals surface area contributed by atoms with Crippen molar-refractivity contribution in [2.45, 2.75) is 20.4 Å². The van der Waals surface area contributed by atoms with Crippen molar-refractivity contribution in [1.29, 1.82) is 0 Å². The van der Waals surface area contributed by atoms with Crippen LogP contribution in [-0.4, -0.2) is 28.1 Å². The Morgan fingerprint density at radius 1 is 1.47 bits per heavy atom. The van der Waals surface area contributed by atoms with Gasteiger partial charge >= 0.3 is 0 Å². The number of nitrogens with zero attached hydrogens (tertiary/aromatic N) is 2. The monoisotopic (exact) mass is 233 g/mol. The van der Waals surface area contributed by atoms with E-state index in [1.807, 2.05) is 26.0 Å². The van der Waals surface area contributed by atoms with Crippen molar-refractivity contribution in [1.82, 2.24) is 15.1 Å². The largest absolute Gasteiger partial charge is 0.464 e. The van der Waals surface area contributed by atoms with E-state index in [1.165, 1.54) is 0 Å². The first kappa shape index (κ1) is 11.4. The minimum absolute atomic E-state index is 0.0645. The third-order valence-electron chi connectivity index (χ3n) is 2.60. The number of furan rings is 1. The second kappa shape index (κ2) is 4.45. The van der Waals surface area contributed by atoms with Crippen molar-refractivity contribution in [2.75, 3.05) is 7.05 Å². The highest BCUT2D eigenvalue weighted by molar-refractivity contribution is 5.94. The van der Waals surface area contributed by atoms with Crippen molar-refractivity contribution in [3.05, 3.63) is 41.1 Å². The zero-order valence-electron chi connectivity index (χ0n) is 10.2. The van der Waals surface area contributed by atoms with Crippen LogP contribution in [0.5, 0.6) is 0 Å². The van der Waals surface area contributed by atoms with Crippen LogP contribution in [0, 0.1) is 13.8 Å². The van der Waals surface area contributed by atoms with Gasteiger partial charge in [0.15, 0.2) is 0 Å². The number of amides is 1. The lowest BCUT2D eigenvalue weighted by Crippen LogP contribution is -2.26. The Morgan fingerprint density at radius 2 is 2.24 bits per heavy atom. The van der Waals surface area contributed by atoms with Gasteiger partial charge in [-0.1, -0.05) is 0 Å². The molecule has 17 heavy (non-hydrogen) atoms. The van der Waals surface area contributed by atoms with E-state index >= 15 is 0 Å². The van der Waals surface area contributed by atoms with Crippen LogP contribution in [0.15, 0.2) is 22.7 Å². The number of hydrogen-bond donors (Lipinski definition) is 1. The average Bonchev–Trinajstić information content (AvgIpc) is 2.86. The maximum absolute atomic E-state index is 12.1. The summed E-state index contributed by atoms with van der Waals surface area (Å²) >= 11 is 0. The van der Waals surface area contributed by atoms with E-state index in [-0.39, 0.29) is 5.91 Å². The molecule has 2 aromatic heterocycles. The fourth-order valence-electron chi connectivity index (χ4n) is 1.65. The zero-order chi connectivity index (χ0) is 12.4. The highest BCUT2D eigenvalue weighted by Crippen LogP contribution is 2.12. The Morgan fingerprint density at radius 3 is 2.76 bits per heavy atom. The highest BCUT2D eigenvalue weighted by atomic mass is 16.3. The zero-order valence-corrected chi connectivity index (χ0v) is 10.2. The number of aromatic amines is 1. The first-order valence-electron chi connectivity index (χ1n) is 5.38. The first-order chi connectivity index (χ1) is 8.08. The van der Waals surface area contributed by atoms with Gasteiger partial charge in [-0.3, -0.25) is 9.89 Å². The van der Waals surface area contributed by atoms with Gasteiger partial charge in [0.1, 0.15) is 11.5 Å². The molecule has 0 atom stereocenters. The van der Waals surface area contributed by atoms with Crippen molar-refractivity contribution in [3.8, 4) is 0 Å². The molecule has 90 valence electrons. The highest BCUT2D eigenvalue weighted by Gasteiger charge is 2.16. The van der Waals surface area contributed by atoms with Gasteiger partial charge in [-0.25, -0.2) is 0 Å². The maximum atomic E-state index is 12.1. The van der Waals surface area contributed by atoms with Gasteiger partial charge < -0.3 is 9.32 Å². The number of hydrogen-bond acceptors (Lipinski definition) is 3. The number of carbonyl (C=O) groups is 1. The number of nitrogens with one attached hydrogen (secondary N) is 1. The number of rotatable bonds is 3. The Labute approximate surface area is 99.4 Å². The van der Waals surface area contributed by atoms with Gasteiger partial charge in [-0.15, -0.1) is 0 Å². The van der Waals surface area contributed by atoms with Crippen molar-refractivity contribution in [3.63, 3.8) is 0 Å². The molecule has 1 N–H and O–H groups in total. The fourth-order valence-corrected chi connectivity index (χ4v) is 1.65. The van der Waals surface area contributed by atoms with Crippen LogP contribution in [0.2, 0.25) is 0 Å². The molecule has 0 spiro atoms. The topological polar surface area (TPSA) is 62.1 Å². The molecule has 0 aliphatic rings. The summed E-state index contributed by atoms with van der Waals surface area (Å²) < 4.78 is 5.43. The molecular weight excluding hydrogens is 218 g/mol. The molecule has 0 aromatic carbocycles. The van der Waals surface area contributed by atoms with Crippen LogP contribution in [-0.2, 0) is 6.54 Å². The molecular formula is C12H15N3O2. The lowest BCUT2D eigenvalue weighted by molar-refractivity contribution is 0.0774. The minimum Gasteiger partial charge on any atom is -0.464 e. The molecule has 5 heteroatoms. The third-order valence-corrected chi connectivity index (χ3v) is 2.60. The van der Waals surface area contributed by atoms with E-state index in [9.17, 15) is 4.79 Å². The van der Waals surface area contributed by atoms with Gasteiger partial charge in [0.25, 0.3) is 5.91 Å². The van der Waals surface area contributed by atoms with Crippen LogP contribution < -0.4 is 0 Å². The molecule has 0 aliphatic heterocycles. The van der Waals surface area contributed by atoms with Gasteiger partial charge in [-0.05, 0) is 26.0 Å². The van der Waals surface area contributed by atoms with E-state index in [0.717, 1.165) is 17.2 Å². The molecule has 0 unspecified atom stereocenters. The van der Waals surface area contributed by atoms with Crippen LogP contribution in [0.1, 0.15) is 27.6 Å². The summed E-state index contributed by atoms with van der Waals surface area (Å²) in [4.78, 5) is 13.7. The molecule has 0 bridgehead atoms. The minimum atomic E-state index is -0.0645. The maximum Gasteiger partial charge on any atom is 0.257 e. The Balaban J connectivity index is 2.08. The molecule has 0 saturated carbocycles. The smallest absolute Gasteiger partial charge is 0.257 e. The first-order valence-corrected chi connectivity index (χ1v) is 5.38. The number of carbonyl (C=O) groups excluding carboxylic acids is 1. The van der Waals surface area contributed by atoms with Gasteiger partial charge in [0.2, 0.25) is 0 Å². The number of H-pyrrole nitrogens is 1. The third kappa shape index (κ3) is 2.38. The Bertz CT molecular complexity index is 527.